The average Bonchev–Trinajstić information content (AvgIpc) is 2.98. The number of halogens is 3. The zero-order chi connectivity index (χ0) is 31.2. The summed E-state index contributed by atoms with van der Waals surface area (Å²) in [5.41, 5.74) is -1.84. The molecule has 0 atom stereocenters. The first-order valence-corrected chi connectivity index (χ1v) is 12.6. The second-order valence-electron chi connectivity index (χ2n) is 9.34. The lowest BCUT2D eigenvalue weighted by molar-refractivity contribution is -0.164. The van der Waals surface area contributed by atoms with E-state index in [0.717, 1.165) is 12.1 Å². The number of esters is 1. The molecule has 1 heterocycles. The van der Waals surface area contributed by atoms with Crippen LogP contribution in [0.3, 0.4) is 0 Å². The lowest BCUT2D eigenvalue weighted by Gasteiger charge is -2.23. The van der Waals surface area contributed by atoms with Crippen LogP contribution in [0.4, 0.5) is 18.9 Å². The summed E-state index contributed by atoms with van der Waals surface area (Å²) in [7, 11) is 0. The molecule has 0 aliphatic heterocycles. The normalized spacial score (nSPS) is 11.4. The van der Waals surface area contributed by atoms with E-state index in [1.54, 1.807) is 18.2 Å². The van der Waals surface area contributed by atoms with Crippen LogP contribution in [0.15, 0.2) is 97.2 Å². The molecule has 1 amide bonds. The van der Waals surface area contributed by atoms with Crippen molar-refractivity contribution < 1.29 is 47.3 Å². The van der Waals surface area contributed by atoms with Crippen molar-refractivity contribution in [2.75, 3.05) is 11.9 Å². The number of alkyl halides is 3. The van der Waals surface area contributed by atoms with Gasteiger partial charge in [-0.3, -0.25) is 24.2 Å². The summed E-state index contributed by atoms with van der Waals surface area (Å²) in [6.07, 6.45) is -3.58. The molecule has 12 heteroatoms. The summed E-state index contributed by atoms with van der Waals surface area (Å²) in [5.74, 6) is -4.89. The Balaban J connectivity index is 1.42. The van der Waals surface area contributed by atoms with Crippen molar-refractivity contribution in [1.82, 2.24) is 4.98 Å². The largest absolute Gasteiger partial charge is 0.480 e. The van der Waals surface area contributed by atoms with Crippen LogP contribution in [0.1, 0.15) is 27.2 Å². The highest BCUT2D eigenvalue weighted by Gasteiger charge is 2.51. The Bertz CT molecular complexity index is 1620. The number of carboxylic acid groups (broad SMARTS) is 2. The number of amides is 1. The second-order valence-corrected chi connectivity index (χ2v) is 9.34. The van der Waals surface area contributed by atoms with Gasteiger partial charge in [-0.1, -0.05) is 48.5 Å². The lowest BCUT2D eigenvalue weighted by Crippen LogP contribution is -2.49. The topological polar surface area (TPSA) is 143 Å². The minimum atomic E-state index is -4.49. The van der Waals surface area contributed by atoms with Crippen molar-refractivity contribution in [2.24, 2.45) is 0 Å². The average molecular weight is 593 g/mol. The predicted octanol–water partition coefficient (Wildman–Crippen LogP) is 5.21. The maximum atomic E-state index is 13.0. The maximum absolute atomic E-state index is 13.0. The fourth-order valence-corrected chi connectivity index (χ4v) is 4.21. The van der Waals surface area contributed by atoms with Crippen molar-refractivity contribution in [3.05, 3.63) is 120 Å². The number of pyridine rings is 1. The zero-order valence-corrected chi connectivity index (χ0v) is 22.2. The zero-order valence-electron chi connectivity index (χ0n) is 22.2. The van der Waals surface area contributed by atoms with Crippen molar-refractivity contribution in [2.45, 2.75) is 18.0 Å². The summed E-state index contributed by atoms with van der Waals surface area (Å²) < 4.78 is 43.9. The van der Waals surface area contributed by atoms with Crippen LogP contribution in [0.5, 0.6) is 0 Å². The van der Waals surface area contributed by atoms with Crippen LogP contribution in [0, 0.1) is 0 Å². The van der Waals surface area contributed by atoms with Gasteiger partial charge in [-0.05, 0) is 59.2 Å². The van der Waals surface area contributed by atoms with Gasteiger partial charge in [0.15, 0.2) is 0 Å². The van der Waals surface area contributed by atoms with Crippen LogP contribution in [0.25, 0.3) is 11.1 Å². The molecule has 9 nitrogen and oxygen atoms in total. The van der Waals surface area contributed by atoms with E-state index in [1.165, 1.54) is 66.9 Å². The molecule has 4 aromatic rings. The molecule has 0 aliphatic rings. The molecule has 3 aromatic carbocycles. The Hall–Kier alpha value is -5.52. The van der Waals surface area contributed by atoms with E-state index >= 15 is 0 Å². The minimum Gasteiger partial charge on any atom is -0.480 e. The number of rotatable bonds is 10. The molecule has 3 N–H and O–H groups in total. The van der Waals surface area contributed by atoms with Crippen molar-refractivity contribution in [3.63, 3.8) is 0 Å². The molecular weight excluding hydrogens is 569 g/mol. The van der Waals surface area contributed by atoms with Gasteiger partial charge in [-0.25, -0.2) is 0 Å². The minimum absolute atomic E-state index is 0.225. The maximum Gasteiger partial charge on any atom is 0.416 e. The fraction of sp³-hybridized carbons (Fsp3) is 0.129. The standard InChI is InChI=1S/C31H23F3N2O7/c32-31(33,34)21-12-10-20(11-13-21)23-5-1-2-6-24(23)27(38)36-22-14-8-19(9-15-22)17-26(37)43-18-30(28(39)40,29(41)42)25-7-3-4-16-35-25/h1-16H,17-18H2,(H,36,38)(H,39,40)(H,41,42). The highest BCUT2D eigenvalue weighted by atomic mass is 19.4. The number of carbonyl (C=O) groups excluding carboxylic acids is 2. The first-order valence-electron chi connectivity index (χ1n) is 12.6. The Kier molecular flexibility index (Phi) is 8.89. The Labute approximate surface area is 242 Å². The number of anilines is 1. The van der Waals surface area contributed by atoms with Gasteiger partial charge in [0, 0.05) is 17.4 Å². The second kappa shape index (κ2) is 12.6. The molecule has 1 aromatic heterocycles. The molecule has 220 valence electrons. The first kappa shape index (κ1) is 30.4. The SMILES string of the molecule is O=C(Cc1ccc(NC(=O)c2ccccc2-c2ccc(C(F)(F)F)cc2)cc1)OCC(C(=O)O)(C(=O)O)c1ccccn1. The van der Waals surface area contributed by atoms with Gasteiger partial charge >= 0.3 is 24.1 Å². The van der Waals surface area contributed by atoms with E-state index in [1.807, 2.05) is 0 Å². The molecule has 4 rings (SSSR count). The molecule has 0 bridgehead atoms. The van der Waals surface area contributed by atoms with Gasteiger partial charge in [0.2, 0.25) is 5.41 Å². The fourth-order valence-electron chi connectivity index (χ4n) is 4.21. The van der Waals surface area contributed by atoms with Crippen LogP contribution >= 0.6 is 0 Å². The van der Waals surface area contributed by atoms with E-state index in [0.29, 0.717) is 22.4 Å². The highest BCUT2D eigenvalue weighted by molar-refractivity contribution is 6.08. The van der Waals surface area contributed by atoms with Crippen LogP contribution in [0.2, 0.25) is 0 Å². The lowest BCUT2D eigenvalue weighted by atomic mass is 9.85. The smallest absolute Gasteiger partial charge is 0.416 e. The predicted molar refractivity (Wildman–Crippen MR) is 147 cm³/mol. The number of aromatic nitrogens is 1. The van der Waals surface area contributed by atoms with Gasteiger partial charge < -0.3 is 20.3 Å². The van der Waals surface area contributed by atoms with E-state index in [-0.39, 0.29) is 17.7 Å². The highest BCUT2D eigenvalue weighted by Crippen LogP contribution is 2.32. The van der Waals surface area contributed by atoms with Crippen molar-refractivity contribution in [3.8, 4) is 11.1 Å². The van der Waals surface area contributed by atoms with Gasteiger partial charge in [-0.15, -0.1) is 0 Å². The Morgan fingerprint density at radius 1 is 0.791 bits per heavy atom. The van der Waals surface area contributed by atoms with E-state index in [4.69, 9.17) is 4.74 Å². The third-order valence-corrected chi connectivity index (χ3v) is 6.54. The number of benzene rings is 3. The number of nitrogens with one attached hydrogen (secondary N) is 1. The summed E-state index contributed by atoms with van der Waals surface area (Å²) >= 11 is 0. The molecule has 43 heavy (non-hydrogen) atoms. The number of hydrogen-bond acceptors (Lipinski definition) is 6. The number of carboxylic acids is 2. The number of ether oxygens (including phenoxy) is 1. The summed E-state index contributed by atoms with van der Waals surface area (Å²) in [4.78, 5) is 53.2. The van der Waals surface area contributed by atoms with Crippen LogP contribution in [-0.4, -0.2) is 45.6 Å². The molecule has 0 saturated carbocycles. The number of carbonyl (C=O) groups is 4. The molecule has 0 spiro atoms. The quantitative estimate of drug-likeness (QED) is 0.168. The Morgan fingerprint density at radius 3 is 2.00 bits per heavy atom. The van der Waals surface area contributed by atoms with Crippen LogP contribution < -0.4 is 5.32 Å². The van der Waals surface area contributed by atoms with E-state index < -0.39 is 47.6 Å². The monoisotopic (exact) mass is 592 g/mol. The van der Waals surface area contributed by atoms with Gasteiger partial charge in [-0.2, -0.15) is 13.2 Å². The van der Waals surface area contributed by atoms with E-state index in [9.17, 15) is 42.6 Å². The van der Waals surface area contributed by atoms with Gasteiger partial charge in [0.05, 0.1) is 17.7 Å². The number of hydrogen-bond donors (Lipinski definition) is 3. The number of aliphatic carboxylic acids is 2. The summed E-state index contributed by atoms with van der Waals surface area (Å²) in [5, 5.41) is 22.0. The van der Waals surface area contributed by atoms with Gasteiger partial charge in [0.1, 0.15) is 6.61 Å². The van der Waals surface area contributed by atoms with Crippen molar-refractivity contribution in [1.29, 1.82) is 0 Å². The first-order chi connectivity index (χ1) is 20.4. The van der Waals surface area contributed by atoms with E-state index in [2.05, 4.69) is 10.3 Å². The summed E-state index contributed by atoms with van der Waals surface area (Å²) in [6, 6.07) is 21.0. The van der Waals surface area contributed by atoms with Crippen LogP contribution in [-0.2, 0) is 37.1 Å². The molecule has 0 aliphatic carbocycles. The molecular formula is C31H23F3N2O7. The van der Waals surface area contributed by atoms with Crippen molar-refractivity contribution >= 4 is 29.5 Å². The molecule has 0 saturated heterocycles. The summed E-state index contributed by atoms with van der Waals surface area (Å²) in [6.45, 7) is -0.986. The third kappa shape index (κ3) is 6.87. The van der Waals surface area contributed by atoms with Gasteiger partial charge in [0.25, 0.3) is 5.91 Å². The molecule has 0 radical (unpaired) electrons. The Morgan fingerprint density at radius 2 is 1.42 bits per heavy atom. The molecule has 0 unspecified atom stereocenters. The number of nitrogens with zero attached hydrogens (tertiary/aromatic N) is 1. The third-order valence-electron chi connectivity index (χ3n) is 6.54. The molecule has 0 fully saturated rings.